The fraction of sp³-hybridized carbons (Fsp3) is 0.529. The van der Waals surface area contributed by atoms with E-state index in [1.165, 1.54) is 0 Å². The number of carbonyl (C=O) groups excluding carboxylic acids is 2. The van der Waals surface area contributed by atoms with Crippen LogP contribution in [-0.4, -0.2) is 28.3 Å². The van der Waals surface area contributed by atoms with E-state index >= 15 is 0 Å². The van der Waals surface area contributed by atoms with Crippen LogP contribution in [0.2, 0.25) is 0 Å². The van der Waals surface area contributed by atoms with E-state index in [2.05, 4.69) is 5.32 Å². The summed E-state index contributed by atoms with van der Waals surface area (Å²) in [6.45, 7) is 8.07. The lowest BCUT2D eigenvalue weighted by molar-refractivity contribution is -0.156. The van der Waals surface area contributed by atoms with E-state index < -0.39 is 11.6 Å². The Morgan fingerprint density at radius 1 is 1.24 bits per heavy atom. The predicted octanol–water partition coefficient (Wildman–Crippen LogP) is 2.34. The lowest BCUT2D eigenvalue weighted by atomic mass is 9.89. The summed E-state index contributed by atoms with van der Waals surface area (Å²) in [4.78, 5) is 26.9. The summed E-state index contributed by atoms with van der Waals surface area (Å²) < 4.78 is 0. The van der Waals surface area contributed by atoms with Crippen molar-refractivity contribution in [2.45, 2.75) is 52.2 Å². The number of benzene rings is 1. The van der Waals surface area contributed by atoms with Crippen LogP contribution in [0, 0.1) is 5.92 Å². The molecule has 1 aliphatic rings. The molecular weight excluding hydrogens is 264 g/mol. The molecule has 0 aliphatic carbocycles. The van der Waals surface area contributed by atoms with E-state index in [0.29, 0.717) is 6.54 Å². The van der Waals surface area contributed by atoms with Gasteiger partial charge in [-0.2, -0.15) is 0 Å². The fourth-order valence-electron chi connectivity index (χ4n) is 2.80. The van der Waals surface area contributed by atoms with Crippen molar-refractivity contribution in [3.05, 3.63) is 35.9 Å². The van der Waals surface area contributed by atoms with Gasteiger partial charge in [0.2, 0.25) is 11.8 Å². The number of nitrogens with zero attached hydrogens (tertiary/aromatic N) is 1. The van der Waals surface area contributed by atoms with Crippen molar-refractivity contribution >= 4 is 11.8 Å². The van der Waals surface area contributed by atoms with Gasteiger partial charge in [0.05, 0.1) is 0 Å². The van der Waals surface area contributed by atoms with Crippen LogP contribution in [0.25, 0.3) is 0 Å². The van der Waals surface area contributed by atoms with Gasteiger partial charge in [-0.15, -0.1) is 0 Å². The normalized spacial score (nSPS) is 22.9. The van der Waals surface area contributed by atoms with Gasteiger partial charge in [0.1, 0.15) is 11.6 Å². The molecule has 4 heteroatoms. The Morgan fingerprint density at radius 3 is 2.43 bits per heavy atom. The number of amides is 2. The van der Waals surface area contributed by atoms with Crippen LogP contribution in [0.5, 0.6) is 0 Å². The lowest BCUT2D eigenvalue weighted by Gasteiger charge is -2.44. The Balaban J connectivity index is 2.34. The van der Waals surface area contributed by atoms with Crippen molar-refractivity contribution < 1.29 is 9.59 Å². The summed E-state index contributed by atoms with van der Waals surface area (Å²) in [5.74, 6) is 0.0647. The molecular formula is C17H24N2O2. The molecule has 2 atom stereocenters. The first-order valence-corrected chi connectivity index (χ1v) is 7.54. The van der Waals surface area contributed by atoms with Crippen molar-refractivity contribution in [1.29, 1.82) is 0 Å². The number of nitrogens with one attached hydrogen (secondary N) is 1. The molecule has 114 valence electrons. The number of carbonyl (C=O) groups is 2. The highest BCUT2D eigenvalue weighted by atomic mass is 16.2. The third kappa shape index (κ3) is 3.09. The van der Waals surface area contributed by atoms with Crippen LogP contribution in [0.3, 0.4) is 0 Å². The second kappa shape index (κ2) is 5.88. The second-order valence-corrected chi connectivity index (χ2v) is 6.36. The smallest absolute Gasteiger partial charge is 0.248 e. The third-order valence-electron chi connectivity index (χ3n) is 4.21. The summed E-state index contributed by atoms with van der Waals surface area (Å²) in [5, 5.41) is 2.86. The average Bonchev–Trinajstić information content (AvgIpc) is 2.44. The summed E-state index contributed by atoms with van der Waals surface area (Å²) in [7, 11) is 0. The molecule has 0 radical (unpaired) electrons. The lowest BCUT2D eigenvalue weighted by Crippen LogP contribution is -2.69. The Hall–Kier alpha value is -1.84. The van der Waals surface area contributed by atoms with Gasteiger partial charge in [-0.05, 0) is 25.3 Å². The average molecular weight is 288 g/mol. The summed E-state index contributed by atoms with van der Waals surface area (Å²) >= 11 is 0. The van der Waals surface area contributed by atoms with Crippen LogP contribution >= 0.6 is 0 Å². The van der Waals surface area contributed by atoms with Crippen molar-refractivity contribution in [1.82, 2.24) is 10.2 Å². The van der Waals surface area contributed by atoms with Gasteiger partial charge < -0.3 is 10.2 Å². The highest BCUT2D eigenvalue weighted by Gasteiger charge is 2.46. The first kappa shape index (κ1) is 15.5. The topological polar surface area (TPSA) is 49.4 Å². The summed E-state index contributed by atoms with van der Waals surface area (Å²) in [6, 6.07) is 9.43. The maximum absolute atomic E-state index is 12.7. The molecule has 2 unspecified atom stereocenters. The molecule has 2 amide bonds. The van der Waals surface area contributed by atoms with Crippen LogP contribution in [0.1, 0.15) is 39.7 Å². The van der Waals surface area contributed by atoms with Gasteiger partial charge >= 0.3 is 0 Å². The molecule has 0 aromatic heterocycles. The Bertz CT molecular complexity index is 525. The molecule has 1 aromatic carbocycles. The third-order valence-corrected chi connectivity index (χ3v) is 4.21. The van der Waals surface area contributed by atoms with E-state index in [0.717, 1.165) is 12.0 Å². The van der Waals surface area contributed by atoms with E-state index in [4.69, 9.17) is 0 Å². The number of rotatable bonds is 4. The molecule has 0 saturated carbocycles. The standard InChI is InChI=1S/C17H24N2O2/c1-5-12(2)14-15(20)18-17(3,4)16(21)19(14)11-13-9-7-6-8-10-13/h6-10,12,14H,5,11H2,1-4H3,(H,18,20). The highest BCUT2D eigenvalue weighted by molar-refractivity contribution is 5.99. The number of piperazine rings is 1. The maximum atomic E-state index is 12.7. The monoisotopic (exact) mass is 288 g/mol. The second-order valence-electron chi connectivity index (χ2n) is 6.36. The molecule has 0 spiro atoms. The van der Waals surface area contributed by atoms with Gasteiger partial charge in [0, 0.05) is 6.54 Å². The van der Waals surface area contributed by atoms with Crippen molar-refractivity contribution in [2.75, 3.05) is 0 Å². The summed E-state index contributed by atoms with van der Waals surface area (Å²) in [5.41, 5.74) is 0.208. The van der Waals surface area contributed by atoms with E-state index in [1.807, 2.05) is 44.2 Å². The number of hydrogen-bond donors (Lipinski definition) is 1. The van der Waals surface area contributed by atoms with Crippen LogP contribution in [0.4, 0.5) is 0 Å². The predicted molar refractivity (Wildman–Crippen MR) is 82.5 cm³/mol. The van der Waals surface area contributed by atoms with Gasteiger partial charge in [-0.3, -0.25) is 9.59 Å². The Kier molecular flexibility index (Phi) is 4.35. The fourth-order valence-corrected chi connectivity index (χ4v) is 2.80. The minimum atomic E-state index is -0.837. The molecule has 1 aliphatic heterocycles. The molecule has 4 nitrogen and oxygen atoms in total. The number of hydrogen-bond acceptors (Lipinski definition) is 2. The molecule has 1 aromatic rings. The molecule has 1 saturated heterocycles. The van der Waals surface area contributed by atoms with E-state index in [9.17, 15) is 9.59 Å². The van der Waals surface area contributed by atoms with Crippen LogP contribution in [-0.2, 0) is 16.1 Å². The van der Waals surface area contributed by atoms with E-state index in [1.54, 1.807) is 18.7 Å². The minimum Gasteiger partial charge on any atom is -0.340 e. The van der Waals surface area contributed by atoms with Crippen LogP contribution < -0.4 is 5.32 Å². The largest absolute Gasteiger partial charge is 0.340 e. The Labute approximate surface area is 126 Å². The molecule has 2 rings (SSSR count). The van der Waals surface area contributed by atoms with Gasteiger partial charge in [-0.25, -0.2) is 0 Å². The zero-order chi connectivity index (χ0) is 15.6. The molecule has 1 fully saturated rings. The minimum absolute atomic E-state index is 0.0174. The molecule has 21 heavy (non-hydrogen) atoms. The van der Waals surface area contributed by atoms with Gasteiger partial charge in [0.25, 0.3) is 0 Å². The van der Waals surface area contributed by atoms with Crippen molar-refractivity contribution in [3.8, 4) is 0 Å². The SMILES string of the molecule is CCC(C)C1C(=O)NC(C)(C)C(=O)N1Cc1ccccc1. The molecule has 0 bridgehead atoms. The molecule has 1 N–H and O–H groups in total. The quantitative estimate of drug-likeness (QED) is 0.924. The van der Waals surface area contributed by atoms with E-state index in [-0.39, 0.29) is 17.7 Å². The maximum Gasteiger partial charge on any atom is 0.248 e. The highest BCUT2D eigenvalue weighted by Crippen LogP contribution is 2.26. The zero-order valence-electron chi connectivity index (χ0n) is 13.2. The van der Waals surface area contributed by atoms with Gasteiger partial charge in [-0.1, -0.05) is 50.6 Å². The first-order valence-electron chi connectivity index (χ1n) is 7.54. The van der Waals surface area contributed by atoms with Crippen molar-refractivity contribution in [2.24, 2.45) is 5.92 Å². The van der Waals surface area contributed by atoms with Crippen LogP contribution in [0.15, 0.2) is 30.3 Å². The van der Waals surface area contributed by atoms with Gasteiger partial charge in [0.15, 0.2) is 0 Å². The zero-order valence-corrected chi connectivity index (χ0v) is 13.2. The van der Waals surface area contributed by atoms with Crippen molar-refractivity contribution in [3.63, 3.8) is 0 Å². The first-order chi connectivity index (χ1) is 9.86. The summed E-state index contributed by atoms with van der Waals surface area (Å²) in [6.07, 6.45) is 0.858. The molecule has 1 heterocycles. The Morgan fingerprint density at radius 2 is 1.86 bits per heavy atom.